The molecular formula is C48H95NO4. The van der Waals surface area contributed by atoms with E-state index in [2.05, 4.69) is 46.6 Å². The van der Waals surface area contributed by atoms with E-state index in [-0.39, 0.29) is 11.9 Å². The van der Waals surface area contributed by atoms with Gasteiger partial charge in [0.25, 0.3) is 0 Å². The van der Waals surface area contributed by atoms with Crippen molar-refractivity contribution in [2.45, 2.75) is 247 Å². The van der Waals surface area contributed by atoms with Crippen molar-refractivity contribution in [1.82, 2.24) is 4.90 Å². The Morgan fingerprint density at radius 2 is 0.698 bits per heavy atom. The lowest BCUT2D eigenvalue weighted by molar-refractivity contribution is -0.146. The quantitative estimate of drug-likeness (QED) is 0.0459. The van der Waals surface area contributed by atoms with Crippen molar-refractivity contribution in [2.24, 2.45) is 17.8 Å². The molecular weight excluding hydrogens is 655 g/mol. The van der Waals surface area contributed by atoms with Gasteiger partial charge in [0.05, 0.1) is 13.2 Å². The van der Waals surface area contributed by atoms with Crippen molar-refractivity contribution in [2.75, 3.05) is 33.4 Å². The zero-order valence-corrected chi connectivity index (χ0v) is 37.0. The fourth-order valence-corrected chi connectivity index (χ4v) is 7.87. The molecule has 0 fully saturated rings. The molecule has 0 amide bonds. The van der Waals surface area contributed by atoms with E-state index in [9.17, 15) is 9.59 Å². The summed E-state index contributed by atoms with van der Waals surface area (Å²) in [5.41, 5.74) is 0. The Labute approximate surface area is 332 Å². The van der Waals surface area contributed by atoms with Crippen molar-refractivity contribution in [1.29, 1.82) is 0 Å². The maximum absolute atomic E-state index is 12.5. The van der Waals surface area contributed by atoms with Crippen LogP contribution in [0.2, 0.25) is 0 Å². The van der Waals surface area contributed by atoms with Gasteiger partial charge < -0.3 is 14.4 Å². The Morgan fingerprint density at radius 3 is 1.04 bits per heavy atom. The summed E-state index contributed by atoms with van der Waals surface area (Å²) in [4.78, 5) is 27.5. The average Bonchev–Trinajstić information content (AvgIpc) is 3.15. The predicted molar refractivity (Wildman–Crippen MR) is 231 cm³/mol. The first kappa shape index (κ1) is 51.9. The molecule has 53 heavy (non-hydrogen) atoms. The first-order chi connectivity index (χ1) is 25.9. The number of ether oxygens (including phenoxy) is 2. The molecule has 1 atom stereocenters. The molecule has 316 valence electrons. The van der Waals surface area contributed by atoms with Gasteiger partial charge in [-0.05, 0) is 82.8 Å². The lowest BCUT2D eigenvalue weighted by Crippen LogP contribution is -2.21. The Kier molecular flexibility index (Phi) is 39.7. The highest BCUT2D eigenvalue weighted by molar-refractivity contribution is 5.70. The van der Waals surface area contributed by atoms with E-state index < -0.39 is 0 Å². The standard InChI is InChI=1S/C48H95NO4/c1-7-12-24-34-45(35-25-13-8-2)42-47(50)52-40-30-22-18-16-17-20-28-32-44(38-39-49(6)11-5)33-29-21-19-23-31-41-53-48(51)43-46(36-26-14-9-3)37-27-15-10-4/h44-46H,7-43H2,1-6H3. The van der Waals surface area contributed by atoms with Gasteiger partial charge >= 0.3 is 11.9 Å². The SMILES string of the molecule is CCCCCC(CCCCC)CC(=O)OCCCCCCCCCC(CCCCCCCOC(=O)CC(CCCCC)CCCCC)CCN(C)CC. The monoisotopic (exact) mass is 750 g/mol. The molecule has 0 aliphatic heterocycles. The van der Waals surface area contributed by atoms with Crippen molar-refractivity contribution < 1.29 is 19.1 Å². The molecule has 0 bridgehead atoms. The van der Waals surface area contributed by atoms with E-state index in [1.165, 1.54) is 193 Å². The van der Waals surface area contributed by atoms with E-state index in [0.29, 0.717) is 37.9 Å². The topological polar surface area (TPSA) is 55.8 Å². The molecule has 0 spiro atoms. The van der Waals surface area contributed by atoms with E-state index in [4.69, 9.17) is 9.47 Å². The smallest absolute Gasteiger partial charge is 0.306 e. The largest absolute Gasteiger partial charge is 0.466 e. The number of hydrogen-bond donors (Lipinski definition) is 0. The Balaban J connectivity index is 4.11. The van der Waals surface area contributed by atoms with Crippen LogP contribution in [-0.2, 0) is 19.1 Å². The molecule has 0 aromatic heterocycles. The van der Waals surface area contributed by atoms with Crippen molar-refractivity contribution >= 4 is 11.9 Å². The highest BCUT2D eigenvalue weighted by atomic mass is 16.5. The summed E-state index contributed by atoms with van der Waals surface area (Å²) in [6, 6.07) is 0. The summed E-state index contributed by atoms with van der Waals surface area (Å²) in [5.74, 6) is 1.96. The number of hydrogen-bond acceptors (Lipinski definition) is 5. The number of nitrogens with zero attached hydrogens (tertiary/aromatic N) is 1. The molecule has 1 unspecified atom stereocenters. The first-order valence-corrected chi connectivity index (χ1v) is 23.9. The summed E-state index contributed by atoms with van der Waals surface area (Å²) in [6.07, 6.45) is 40.0. The van der Waals surface area contributed by atoms with Crippen LogP contribution in [0, 0.1) is 17.8 Å². The minimum atomic E-state index is 0.0371. The van der Waals surface area contributed by atoms with Crippen LogP contribution in [0.4, 0.5) is 0 Å². The summed E-state index contributed by atoms with van der Waals surface area (Å²) in [7, 11) is 2.25. The third-order valence-corrected chi connectivity index (χ3v) is 11.8. The van der Waals surface area contributed by atoms with Crippen molar-refractivity contribution in [3.05, 3.63) is 0 Å². The molecule has 0 aliphatic rings. The molecule has 0 radical (unpaired) electrons. The lowest BCUT2D eigenvalue weighted by Gasteiger charge is -2.21. The maximum Gasteiger partial charge on any atom is 0.306 e. The predicted octanol–water partition coefficient (Wildman–Crippen LogP) is 14.8. The molecule has 0 N–H and O–H groups in total. The third kappa shape index (κ3) is 36.3. The lowest BCUT2D eigenvalue weighted by atomic mass is 9.91. The summed E-state index contributed by atoms with van der Waals surface area (Å²) >= 11 is 0. The second-order valence-electron chi connectivity index (χ2n) is 16.9. The van der Waals surface area contributed by atoms with Crippen LogP contribution < -0.4 is 0 Å². The van der Waals surface area contributed by atoms with Gasteiger partial charge in [-0.3, -0.25) is 9.59 Å². The normalized spacial score (nSPS) is 12.3. The fraction of sp³-hybridized carbons (Fsp3) is 0.958. The van der Waals surface area contributed by atoms with Gasteiger partial charge in [0.1, 0.15) is 0 Å². The number of rotatable bonds is 42. The molecule has 0 saturated carbocycles. The summed E-state index contributed by atoms with van der Waals surface area (Å²) < 4.78 is 11.3. The second kappa shape index (κ2) is 40.6. The third-order valence-electron chi connectivity index (χ3n) is 11.8. The van der Waals surface area contributed by atoms with Crippen LogP contribution in [0.1, 0.15) is 247 Å². The molecule has 5 nitrogen and oxygen atoms in total. The molecule has 0 rings (SSSR count). The minimum Gasteiger partial charge on any atom is -0.466 e. The zero-order valence-electron chi connectivity index (χ0n) is 37.0. The first-order valence-electron chi connectivity index (χ1n) is 23.9. The van der Waals surface area contributed by atoms with Gasteiger partial charge in [0, 0.05) is 12.8 Å². The zero-order chi connectivity index (χ0) is 39.0. The van der Waals surface area contributed by atoms with Crippen molar-refractivity contribution in [3.63, 3.8) is 0 Å². The molecule has 5 heteroatoms. The van der Waals surface area contributed by atoms with Crippen LogP contribution in [0.25, 0.3) is 0 Å². The molecule has 0 aliphatic carbocycles. The van der Waals surface area contributed by atoms with Crippen molar-refractivity contribution in [3.8, 4) is 0 Å². The highest BCUT2D eigenvalue weighted by Crippen LogP contribution is 2.24. The van der Waals surface area contributed by atoms with Gasteiger partial charge in [-0.25, -0.2) is 0 Å². The van der Waals surface area contributed by atoms with Gasteiger partial charge in [0.15, 0.2) is 0 Å². The molecule has 0 heterocycles. The van der Waals surface area contributed by atoms with Gasteiger partial charge in [-0.2, -0.15) is 0 Å². The number of esters is 2. The number of unbranched alkanes of at least 4 members (excludes halogenated alkanes) is 18. The fourth-order valence-electron chi connectivity index (χ4n) is 7.87. The van der Waals surface area contributed by atoms with Gasteiger partial charge in [-0.1, -0.05) is 189 Å². The number of carbonyl (C=O) groups is 2. The van der Waals surface area contributed by atoms with Crippen LogP contribution in [0.5, 0.6) is 0 Å². The Morgan fingerprint density at radius 1 is 0.396 bits per heavy atom. The van der Waals surface area contributed by atoms with Crippen LogP contribution >= 0.6 is 0 Å². The highest BCUT2D eigenvalue weighted by Gasteiger charge is 2.16. The Bertz CT molecular complexity index is 753. The maximum atomic E-state index is 12.5. The van der Waals surface area contributed by atoms with E-state index in [1.54, 1.807) is 0 Å². The van der Waals surface area contributed by atoms with E-state index >= 15 is 0 Å². The molecule has 0 saturated heterocycles. The Hall–Kier alpha value is -1.10. The second-order valence-corrected chi connectivity index (χ2v) is 16.9. The summed E-state index contributed by atoms with van der Waals surface area (Å²) in [6.45, 7) is 14.8. The molecule has 0 aromatic rings. The minimum absolute atomic E-state index is 0.0371. The average molecular weight is 750 g/mol. The molecule has 0 aromatic carbocycles. The van der Waals surface area contributed by atoms with E-state index in [1.807, 2.05) is 0 Å². The number of carbonyl (C=O) groups excluding carboxylic acids is 2. The van der Waals surface area contributed by atoms with Gasteiger partial charge in [-0.15, -0.1) is 0 Å². The van der Waals surface area contributed by atoms with Crippen LogP contribution in [0.15, 0.2) is 0 Å². The van der Waals surface area contributed by atoms with Crippen LogP contribution in [-0.4, -0.2) is 50.2 Å². The van der Waals surface area contributed by atoms with E-state index in [0.717, 1.165) is 25.3 Å². The summed E-state index contributed by atoms with van der Waals surface area (Å²) in [5, 5.41) is 0. The van der Waals surface area contributed by atoms with Gasteiger partial charge in [0.2, 0.25) is 0 Å². The van der Waals surface area contributed by atoms with Crippen LogP contribution in [0.3, 0.4) is 0 Å².